The van der Waals surface area contributed by atoms with Crippen LogP contribution in [0.2, 0.25) is 0 Å². The molecule has 0 aromatic heterocycles. The molecule has 0 radical (unpaired) electrons. The van der Waals surface area contributed by atoms with Gasteiger partial charge in [-0.05, 0) is 30.4 Å². The summed E-state index contributed by atoms with van der Waals surface area (Å²) in [4.78, 5) is 11.6. The Morgan fingerprint density at radius 2 is 2.12 bits per heavy atom. The molecule has 0 aliphatic carbocycles. The molecule has 0 aliphatic heterocycles. The van der Waals surface area contributed by atoms with Crippen LogP contribution in [0.3, 0.4) is 0 Å². The normalized spacial score (nSPS) is 12.1. The van der Waals surface area contributed by atoms with Gasteiger partial charge in [0, 0.05) is 6.54 Å². The van der Waals surface area contributed by atoms with Gasteiger partial charge in [0.1, 0.15) is 0 Å². The number of benzene rings is 1. The lowest BCUT2D eigenvalue weighted by Gasteiger charge is -2.11. The molecule has 0 aliphatic rings. The third-order valence-corrected chi connectivity index (χ3v) is 3.17. The van der Waals surface area contributed by atoms with E-state index in [0.717, 1.165) is 18.6 Å². The van der Waals surface area contributed by atoms with Crippen molar-refractivity contribution in [1.29, 1.82) is 0 Å². The Morgan fingerprint density at radius 3 is 2.76 bits per heavy atom. The van der Waals surface area contributed by atoms with E-state index in [1.165, 1.54) is 5.56 Å². The fourth-order valence-electron chi connectivity index (χ4n) is 1.48. The van der Waals surface area contributed by atoms with Gasteiger partial charge in [-0.1, -0.05) is 30.3 Å². The van der Waals surface area contributed by atoms with Gasteiger partial charge in [0.25, 0.3) is 0 Å². The predicted molar refractivity (Wildman–Crippen MR) is 74.1 cm³/mol. The number of carbonyl (C=O) groups is 1. The first-order valence-corrected chi connectivity index (χ1v) is 7.19. The summed E-state index contributed by atoms with van der Waals surface area (Å²) >= 11 is 1.71. The van der Waals surface area contributed by atoms with Crippen molar-refractivity contribution in [3.05, 3.63) is 35.9 Å². The maximum atomic E-state index is 11.6. The number of nitrogens with two attached hydrogens (primary N) is 1. The molecular formula is C13H20N2OS. The molecule has 4 heteroatoms. The highest BCUT2D eigenvalue weighted by molar-refractivity contribution is 7.98. The van der Waals surface area contributed by atoms with Gasteiger partial charge in [0.2, 0.25) is 5.91 Å². The smallest absolute Gasteiger partial charge is 0.236 e. The monoisotopic (exact) mass is 252 g/mol. The van der Waals surface area contributed by atoms with Crippen LogP contribution in [0, 0.1) is 0 Å². The van der Waals surface area contributed by atoms with Crippen LogP contribution >= 0.6 is 11.8 Å². The van der Waals surface area contributed by atoms with Gasteiger partial charge < -0.3 is 11.1 Å². The maximum absolute atomic E-state index is 11.6. The second-order valence-electron chi connectivity index (χ2n) is 3.91. The average molecular weight is 252 g/mol. The Hall–Kier alpha value is -1.00. The molecule has 1 rings (SSSR count). The molecule has 0 fully saturated rings. The topological polar surface area (TPSA) is 55.1 Å². The number of thioether (sulfide) groups is 1. The van der Waals surface area contributed by atoms with E-state index in [1.54, 1.807) is 11.8 Å². The molecule has 1 aromatic rings. The first-order chi connectivity index (χ1) is 8.24. The van der Waals surface area contributed by atoms with Crippen molar-refractivity contribution in [2.24, 2.45) is 5.73 Å². The number of amides is 1. The van der Waals surface area contributed by atoms with Crippen LogP contribution in [0.1, 0.15) is 12.0 Å². The highest BCUT2D eigenvalue weighted by atomic mass is 32.2. The molecular weight excluding hydrogens is 232 g/mol. The standard InChI is InChI=1S/C13H20N2OS/c1-17-10-8-12(14)13(16)15-9-7-11-5-3-2-4-6-11/h2-6,12H,7-10,14H2,1H3,(H,15,16)/t12-/m0/s1. The van der Waals surface area contributed by atoms with E-state index < -0.39 is 0 Å². The van der Waals surface area contributed by atoms with Crippen molar-refractivity contribution in [2.45, 2.75) is 18.9 Å². The van der Waals surface area contributed by atoms with E-state index in [2.05, 4.69) is 17.4 Å². The molecule has 0 unspecified atom stereocenters. The van der Waals surface area contributed by atoms with E-state index in [1.807, 2.05) is 24.5 Å². The first kappa shape index (κ1) is 14.1. The summed E-state index contributed by atoms with van der Waals surface area (Å²) in [6, 6.07) is 9.72. The molecule has 3 N–H and O–H groups in total. The molecule has 0 saturated heterocycles. The molecule has 0 saturated carbocycles. The average Bonchev–Trinajstić information content (AvgIpc) is 2.37. The zero-order valence-electron chi connectivity index (χ0n) is 10.2. The summed E-state index contributed by atoms with van der Waals surface area (Å²) in [5, 5.41) is 2.87. The van der Waals surface area contributed by atoms with Crippen LogP contribution < -0.4 is 11.1 Å². The molecule has 1 aromatic carbocycles. The van der Waals surface area contributed by atoms with E-state index in [0.29, 0.717) is 6.54 Å². The van der Waals surface area contributed by atoms with Crippen molar-refractivity contribution in [2.75, 3.05) is 18.6 Å². The molecule has 94 valence electrons. The van der Waals surface area contributed by atoms with Crippen molar-refractivity contribution in [3.63, 3.8) is 0 Å². The SMILES string of the molecule is CSCC[C@H](N)C(=O)NCCc1ccccc1. The maximum Gasteiger partial charge on any atom is 0.236 e. The van der Waals surface area contributed by atoms with E-state index in [9.17, 15) is 4.79 Å². The fourth-order valence-corrected chi connectivity index (χ4v) is 1.97. The quantitative estimate of drug-likeness (QED) is 0.772. The van der Waals surface area contributed by atoms with E-state index in [-0.39, 0.29) is 11.9 Å². The lowest BCUT2D eigenvalue weighted by atomic mass is 10.1. The second kappa shape index (κ2) is 8.14. The molecule has 17 heavy (non-hydrogen) atoms. The number of hydrogen-bond donors (Lipinski definition) is 2. The Morgan fingerprint density at radius 1 is 1.41 bits per heavy atom. The third-order valence-electron chi connectivity index (χ3n) is 2.53. The van der Waals surface area contributed by atoms with Crippen molar-refractivity contribution < 1.29 is 4.79 Å². The van der Waals surface area contributed by atoms with Gasteiger partial charge >= 0.3 is 0 Å². The van der Waals surface area contributed by atoms with Crippen molar-refractivity contribution >= 4 is 17.7 Å². The molecule has 0 bridgehead atoms. The van der Waals surface area contributed by atoms with Crippen molar-refractivity contribution in [3.8, 4) is 0 Å². The summed E-state index contributed by atoms with van der Waals surface area (Å²) in [5.74, 6) is 0.878. The van der Waals surface area contributed by atoms with Crippen LogP contribution in [0.5, 0.6) is 0 Å². The molecule has 1 amide bonds. The minimum Gasteiger partial charge on any atom is -0.354 e. The predicted octanol–water partition coefficient (Wildman–Crippen LogP) is 1.43. The van der Waals surface area contributed by atoms with Gasteiger partial charge in [-0.3, -0.25) is 4.79 Å². The summed E-state index contributed by atoms with van der Waals surface area (Å²) in [6.07, 6.45) is 3.60. The molecule has 0 heterocycles. The first-order valence-electron chi connectivity index (χ1n) is 5.80. The Bertz CT molecular complexity index is 329. The lowest BCUT2D eigenvalue weighted by molar-refractivity contribution is -0.122. The minimum absolute atomic E-state index is 0.0463. The second-order valence-corrected chi connectivity index (χ2v) is 4.90. The van der Waals surface area contributed by atoms with Gasteiger partial charge in [-0.25, -0.2) is 0 Å². The fraction of sp³-hybridized carbons (Fsp3) is 0.462. The number of rotatable bonds is 7. The Kier molecular flexibility index (Phi) is 6.74. The zero-order chi connectivity index (χ0) is 12.5. The van der Waals surface area contributed by atoms with Crippen molar-refractivity contribution in [1.82, 2.24) is 5.32 Å². The van der Waals surface area contributed by atoms with Gasteiger partial charge in [0.15, 0.2) is 0 Å². The molecule has 0 spiro atoms. The summed E-state index contributed by atoms with van der Waals surface area (Å²) in [5.41, 5.74) is 6.98. The van der Waals surface area contributed by atoms with Crippen LogP contribution in [-0.4, -0.2) is 30.5 Å². The van der Waals surface area contributed by atoms with Gasteiger partial charge in [0.05, 0.1) is 6.04 Å². The Balaban J connectivity index is 2.20. The highest BCUT2D eigenvalue weighted by Crippen LogP contribution is 2.00. The summed E-state index contributed by atoms with van der Waals surface area (Å²) in [7, 11) is 0. The largest absolute Gasteiger partial charge is 0.354 e. The van der Waals surface area contributed by atoms with E-state index in [4.69, 9.17) is 5.73 Å². The highest BCUT2D eigenvalue weighted by Gasteiger charge is 2.11. The number of hydrogen-bond acceptors (Lipinski definition) is 3. The number of carbonyl (C=O) groups excluding carboxylic acids is 1. The summed E-state index contributed by atoms with van der Waals surface area (Å²) < 4.78 is 0. The lowest BCUT2D eigenvalue weighted by Crippen LogP contribution is -2.41. The third kappa shape index (κ3) is 5.75. The van der Waals surface area contributed by atoms with Gasteiger partial charge in [-0.2, -0.15) is 11.8 Å². The van der Waals surface area contributed by atoms with Crippen LogP contribution in [0.25, 0.3) is 0 Å². The van der Waals surface area contributed by atoms with Crippen LogP contribution in [0.15, 0.2) is 30.3 Å². The minimum atomic E-state index is -0.377. The number of nitrogens with one attached hydrogen (secondary N) is 1. The van der Waals surface area contributed by atoms with E-state index >= 15 is 0 Å². The zero-order valence-corrected chi connectivity index (χ0v) is 11.0. The summed E-state index contributed by atoms with van der Waals surface area (Å²) in [6.45, 7) is 0.649. The molecule has 3 nitrogen and oxygen atoms in total. The molecule has 1 atom stereocenters. The Labute approximate surface area is 107 Å². The van der Waals surface area contributed by atoms with Gasteiger partial charge in [-0.15, -0.1) is 0 Å². The van der Waals surface area contributed by atoms with Crippen LogP contribution in [0.4, 0.5) is 0 Å². The van der Waals surface area contributed by atoms with Crippen LogP contribution in [-0.2, 0) is 11.2 Å².